The van der Waals surface area contributed by atoms with Crippen molar-refractivity contribution in [3.63, 3.8) is 0 Å². The predicted molar refractivity (Wildman–Crippen MR) is 91.2 cm³/mol. The van der Waals surface area contributed by atoms with Crippen LogP contribution in [-0.2, 0) is 16.1 Å². The van der Waals surface area contributed by atoms with E-state index in [1.807, 2.05) is 32.0 Å². The van der Waals surface area contributed by atoms with Gasteiger partial charge in [0.1, 0.15) is 6.61 Å². The molecule has 0 N–H and O–H groups in total. The molecule has 5 nitrogen and oxygen atoms in total. The Hall–Kier alpha value is -1.88. The predicted octanol–water partition coefficient (Wildman–Crippen LogP) is 2.76. The van der Waals surface area contributed by atoms with Gasteiger partial charge in [-0.15, -0.1) is 0 Å². The van der Waals surface area contributed by atoms with E-state index in [1.54, 1.807) is 0 Å². The van der Waals surface area contributed by atoms with Gasteiger partial charge in [-0.3, -0.25) is 9.69 Å². The van der Waals surface area contributed by atoms with Gasteiger partial charge in [0.15, 0.2) is 0 Å². The second-order valence-electron chi connectivity index (χ2n) is 7.36. The maximum absolute atomic E-state index is 13.0. The van der Waals surface area contributed by atoms with Gasteiger partial charge in [-0.2, -0.15) is 0 Å². The van der Waals surface area contributed by atoms with Crippen LogP contribution in [0.4, 0.5) is 4.79 Å². The standard InChI is InChI=1S/C19H26N2O3/c1-13(2)17-12-24-19(23)21(17)18(22)16-11-20(9-14(16)3)10-15-7-5-4-6-8-15/h4-8,13-14,16-17H,9-12H2,1-3H3/t14-,16-,17-/m0/s1. The highest BCUT2D eigenvalue weighted by atomic mass is 16.6. The first-order valence-corrected chi connectivity index (χ1v) is 8.73. The molecule has 0 radical (unpaired) electrons. The van der Waals surface area contributed by atoms with Crippen molar-refractivity contribution in [3.8, 4) is 0 Å². The van der Waals surface area contributed by atoms with Crippen molar-refractivity contribution >= 4 is 12.0 Å². The van der Waals surface area contributed by atoms with Crippen molar-refractivity contribution in [3.05, 3.63) is 35.9 Å². The lowest BCUT2D eigenvalue weighted by Gasteiger charge is -2.26. The molecule has 130 valence electrons. The first-order valence-electron chi connectivity index (χ1n) is 8.73. The first kappa shape index (κ1) is 17.0. The summed E-state index contributed by atoms with van der Waals surface area (Å²) in [5.74, 6) is 0.236. The summed E-state index contributed by atoms with van der Waals surface area (Å²) in [5.41, 5.74) is 1.25. The van der Waals surface area contributed by atoms with Crippen LogP contribution >= 0.6 is 0 Å². The Morgan fingerprint density at radius 1 is 1.25 bits per heavy atom. The van der Waals surface area contributed by atoms with Crippen molar-refractivity contribution in [2.75, 3.05) is 19.7 Å². The monoisotopic (exact) mass is 330 g/mol. The van der Waals surface area contributed by atoms with Gasteiger partial charge in [-0.25, -0.2) is 9.69 Å². The van der Waals surface area contributed by atoms with E-state index in [1.165, 1.54) is 10.5 Å². The van der Waals surface area contributed by atoms with Crippen molar-refractivity contribution in [1.29, 1.82) is 0 Å². The van der Waals surface area contributed by atoms with Gasteiger partial charge in [0, 0.05) is 19.6 Å². The Bertz CT molecular complexity index is 602. The average Bonchev–Trinajstić information content (AvgIpc) is 3.11. The molecule has 2 fully saturated rings. The normalized spacial score (nSPS) is 27.8. The number of carbonyl (C=O) groups is 2. The van der Waals surface area contributed by atoms with E-state index in [9.17, 15) is 9.59 Å². The van der Waals surface area contributed by atoms with E-state index >= 15 is 0 Å². The summed E-state index contributed by atoms with van der Waals surface area (Å²) in [4.78, 5) is 28.7. The van der Waals surface area contributed by atoms with Crippen LogP contribution in [0, 0.1) is 17.8 Å². The number of likely N-dealkylation sites (tertiary alicyclic amines) is 1. The minimum absolute atomic E-state index is 0.0701. The minimum Gasteiger partial charge on any atom is -0.447 e. The van der Waals surface area contributed by atoms with Crippen molar-refractivity contribution in [2.45, 2.75) is 33.4 Å². The molecule has 2 saturated heterocycles. The zero-order valence-electron chi connectivity index (χ0n) is 14.6. The Kier molecular flexibility index (Phi) is 4.90. The summed E-state index contributed by atoms with van der Waals surface area (Å²) in [5, 5.41) is 0. The molecule has 0 aromatic heterocycles. The molecule has 2 aliphatic heterocycles. The van der Waals surface area contributed by atoms with Crippen LogP contribution in [0.2, 0.25) is 0 Å². The lowest BCUT2D eigenvalue weighted by atomic mass is 9.95. The molecule has 0 saturated carbocycles. The molecule has 1 aromatic carbocycles. The SMILES string of the molecule is CC(C)[C@@H]1COC(=O)N1C(=O)[C@H]1CN(Cc2ccccc2)C[C@@H]1C. The number of nitrogens with zero attached hydrogens (tertiary/aromatic N) is 2. The Balaban J connectivity index is 1.68. The van der Waals surface area contributed by atoms with Crippen molar-refractivity contribution in [1.82, 2.24) is 9.80 Å². The van der Waals surface area contributed by atoms with E-state index in [4.69, 9.17) is 4.74 Å². The van der Waals surface area contributed by atoms with Gasteiger partial charge in [-0.05, 0) is 17.4 Å². The fourth-order valence-electron chi connectivity index (χ4n) is 3.72. The molecule has 2 amide bonds. The fraction of sp³-hybridized carbons (Fsp3) is 0.579. The molecule has 1 aromatic rings. The highest BCUT2D eigenvalue weighted by Gasteiger charge is 2.45. The fourth-order valence-corrected chi connectivity index (χ4v) is 3.72. The van der Waals surface area contributed by atoms with Crippen molar-refractivity contribution < 1.29 is 14.3 Å². The first-order chi connectivity index (χ1) is 11.5. The zero-order valence-corrected chi connectivity index (χ0v) is 14.6. The molecule has 0 aliphatic carbocycles. The molecule has 5 heteroatoms. The van der Waals surface area contributed by atoms with E-state index in [0.717, 1.165) is 13.1 Å². The molecule has 3 rings (SSSR count). The van der Waals surface area contributed by atoms with Gasteiger partial charge < -0.3 is 4.74 Å². The summed E-state index contributed by atoms with van der Waals surface area (Å²) >= 11 is 0. The molecule has 0 bridgehead atoms. The maximum Gasteiger partial charge on any atom is 0.416 e. The molecule has 24 heavy (non-hydrogen) atoms. The summed E-state index contributed by atoms with van der Waals surface area (Å²) < 4.78 is 5.13. The number of carbonyl (C=O) groups excluding carboxylic acids is 2. The third-order valence-electron chi connectivity index (χ3n) is 5.17. The molecule has 0 spiro atoms. The molecular weight excluding hydrogens is 304 g/mol. The van der Waals surface area contributed by atoms with E-state index in [2.05, 4.69) is 24.0 Å². The Morgan fingerprint density at radius 3 is 2.62 bits per heavy atom. The molecular formula is C19H26N2O3. The average molecular weight is 330 g/mol. The summed E-state index contributed by atoms with van der Waals surface area (Å²) in [6.07, 6.45) is -0.479. The Morgan fingerprint density at radius 2 is 1.96 bits per heavy atom. The van der Waals surface area contributed by atoms with E-state index in [0.29, 0.717) is 13.2 Å². The highest BCUT2D eigenvalue weighted by molar-refractivity contribution is 5.95. The summed E-state index contributed by atoms with van der Waals surface area (Å²) in [7, 11) is 0. The number of hydrogen-bond acceptors (Lipinski definition) is 4. The number of amides is 2. The third kappa shape index (κ3) is 3.31. The lowest BCUT2D eigenvalue weighted by molar-refractivity contribution is -0.134. The van der Waals surface area contributed by atoms with Gasteiger partial charge in [-0.1, -0.05) is 51.1 Å². The molecule has 0 unspecified atom stereocenters. The summed E-state index contributed by atoms with van der Waals surface area (Å²) in [6, 6.07) is 10.1. The highest BCUT2D eigenvalue weighted by Crippen LogP contribution is 2.30. The maximum atomic E-state index is 13.0. The summed E-state index contributed by atoms with van der Waals surface area (Å²) in [6.45, 7) is 8.87. The third-order valence-corrected chi connectivity index (χ3v) is 5.17. The van der Waals surface area contributed by atoms with Crippen LogP contribution in [0.15, 0.2) is 30.3 Å². The largest absolute Gasteiger partial charge is 0.447 e. The van der Waals surface area contributed by atoms with Crippen LogP contribution in [-0.4, -0.2) is 47.5 Å². The second kappa shape index (κ2) is 6.93. The quantitative estimate of drug-likeness (QED) is 0.852. The van der Waals surface area contributed by atoms with Gasteiger partial charge in [0.25, 0.3) is 0 Å². The van der Waals surface area contributed by atoms with Crippen molar-refractivity contribution in [2.24, 2.45) is 17.8 Å². The van der Waals surface area contributed by atoms with Crippen LogP contribution < -0.4 is 0 Å². The zero-order chi connectivity index (χ0) is 17.3. The molecule has 3 atom stereocenters. The lowest BCUT2D eigenvalue weighted by Crippen LogP contribution is -2.46. The number of rotatable bonds is 4. The smallest absolute Gasteiger partial charge is 0.416 e. The van der Waals surface area contributed by atoms with Gasteiger partial charge in [0.2, 0.25) is 5.91 Å². The Labute approximate surface area is 143 Å². The minimum atomic E-state index is -0.479. The van der Waals surface area contributed by atoms with E-state index in [-0.39, 0.29) is 29.7 Å². The number of hydrogen-bond donors (Lipinski definition) is 0. The number of cyclic esters (lactones) is 1. The van der Waals surface area contributed by atoms with Crippen LogP contribution in [0.25, 0.3) is 0 Å². The number of benzene rings is 1. The van der Waals surface area contributed by atoms with Gasteiger partial charge >= 0.3 is 6.09 Å². The van der Waals surface area contributed by atoms with Crippen LogP contribution in [0.3, 0.4) is 0 Å². The molecule has 2 aliphatic rings. The second-order valence-corrected chi connectivity index (χ2v) is 7.36. The number of ether oxygens (including phenoxy) is 1. The van der Waals surface area contributed by atoms with Crippen LogP contribution in [0.5, 0.6) is 0 Å². The van der Waals surface area contributed by atoms with Gasteiger partial charge in [0.05, 0.1) is 12.0 Å². The topological polar surface area (TPSA) is 49.9 Å². The van der Waals surface area contributed by atoms with E-state index < -0.39 is 6.09 Å². The molecule has 2 heterocycles. The van der Waals surface area contributed by atoms with Crippen LogP contribution in [0.1, 0.15) is 26.3 Å². The number of imide groups is 1.